The average Bonchev–Trinajstić information content (AvgIpc) is 3.13. The maximum absolute atomic E-state index is 13.6. The van der Waals surface area contributed by atoms with Gasteiger partial charge in [0.05, 0.1) is 5.69 Å². The molecule has 1 fully saturated rings. The molecule has 0 saturated carbocycles. The molecule has 1 N–H and O–H groups in total. The first-order chi connectivity index (χ1) is 12.1. The molecule has 0 spiro atoms. The normalized spacial score (nSPS) is 15.2. The van der Waals surface area contributed by atoms with Crippen LogP contribution in [0.5, 0.6) is 0 Å². The van der Waals surface area contributed by atoms with Crippen LogP contribution in [0.25, 0.3) is 0 Å². The minimum absolute atomic E-state index is 0.121. The predicted octanol–water partition coefficient (Wildman–Crippen LogP) is 3.05. The number of amides is 2. The lowest BCUT2D eigenvalue weighted by atomic mass is 9.97. The van der Waals surface area contributed by atoms with E-state index in [1.54, 1.807) is 12.1 Å². The van der Waals surface area contributed by atoms with E-state index in [0.29, 0.717) is 19.5 Å². The number of piperidine rings is 1. The van der Waals surface area contributed by atoms with Gasteiger partial charge >= 0.3 is 0 Å². The van der Waals surface area contributed by atoms with Crippen LogP contribution in [0.3, 0.4) is 0 Å². The van der Waals surface area contributed by atoms with Crippen LogP contribution in [0.1, 0.15) is 46.9 Å². The molecule has 3 rings (SSSR count). The van der Waals surface area contributed by atoms with Crippen LogP contribution in [0.2, 0.25) is 0 Å². The minimum Gasteiger partial charge on any atom is -0.343 e. The van der Waals surface area contributed by atoms with Gasteiger partial charge in [0.1, 0.15) is 10.8 Å². The Hall–Kier alpha value is -2.35. The van der Waals surface area contributed by atoms with Gasteiger partial charge in [0.25, 0.3) is 5.91 Å². The Morgan fingerprint density at radius 3 is 2.68 bits per heavy atom. The van der Waals surface area contributed by atoms with Crippen LogP contribution >= 0.6 is 11.3 Å². The van der Waals surface area contributed by atoms with E-state index in [4.69, 9.17) is 0 Å². The summed E-state index contributed by atoms with van der Waals surface area (Å²) in [4.78, 5) is 25.8. The molecule has 1 aliphatic rings. The van der Waals surface area contributed by atoms with Crippen LogP contribution in [0, 0.1) is 5.82 Å². The molecule has 25 heavy (non-hydrogen) atoms. The van der Waals surface area contributed by atoms with Crippen molar-refractivity contribution in [2.24, 2.45) is 0 Å². The fraction of sp³-hybridized carbons (Fsp3) is 0.412. The molecule has 6 nitrogen and oxygen atoms in total. The van der Waals surface area contributed by atoms with Crippen LogP contribution in [-0.2, 0) is 4.79 Å². The lowest BCUT2D eigenvalue weighted by Crippen LogP contribution is -2.37. The molecule has 8 heteroatoms. The largest absolute Gasteiger partial charge is 0.343 e. The van der Waals surface area contributed by atoms with Crippen molar-refractivity contribution in [3.8, 4) is 0 Å². The van der Waals surface area contributed by atoms with Gasteiger partial charge in [0.15, 0.2) is 0 Å². The molecule has 0 radical (unpaired) electrons. The van der Waals surface area contributed by atoms with Crippen molar-refractivity contribution in [1.82, 2.24) is 15.1 Å². The van der Waals surface area contributed by atoms with Crippen molar-refractivity contribution in [2.45, 2.75) is 32.1 Å². The van der Waals surface area contributed by atoms with E-state index in [2.05, 4.69) is 15.5 Å². The van der Waals surface area contributed by atoms with Crippen LogP contribution in [-0.4, -0.2) is 40.0 Å². The molecule has 0 aliphatic carbocycles. The molecule has 0 bridgehead atoms. The SMILES string of the molecule is CCC(=O)N1CCC(c2nnc(C(=O)Nc3ccccc3F)s2)CC1. The molecule has 2 amide bonds. The van der Waals surface area contributed by atoms with Crippen molar-refractivity contribution in [1.29, 1.82) is 0 Å². The molecule has 0 atom stereocenters. The number of rotatable bonds is 4. The molecule has 1 aromatic carbocycles. The lowest BCUT2D eigenvalue weighted by molar-refractivity contribution is -0.131. The summed E-state index contributed by atoms with van der Waals surface area (Å²) in [5.74, 6) is -0.588. The highest BCUT2D eigenvalue weighted by Gasteiger charge is 2.26. The van der Waals surface area contributed by atoms with Gasteiger partial charge < -0.3 is 10.2 Å². The highest BCUT2D eigenvalue weighted by molar-refractivity contribution is 7.13. The zero-order valence-electron chi connectivity index (χ0n) is 13.9. The number of hydrogen-bond acceptors (Lipinski definition) is 5. The summed E-state index contributed by atoms with van der Waals surface area (Å²) in [5.41, 5.74) is 0.121. The Kier molecular flexibility index (Phi) is 5.37. The number of halogens is 1. The van der Waals surface area contributed by atoms with E-state index in [1.165, 1.54) is 23.5 Å². The third kappa shape index (κ3) is 4.01. The first-order valence-electron chi connectivity index (χ1n) is 8.25. The van der Waals surface area contributed by atoms with Gasteiger partial charge in [-0.1, -0.05) is 30.4 Å². The summed E-state index contributed by atoms with van der Waals surface area (Å²) in [5, 5.41) is 11.6. The quantitative estimate of drug-likeness (QED) is 0.907. The second-order valence-electron chi connectivity index (χ2n) is 5.89. The summed E-state index contributed by atoms with van der Waals surface area (Å²) in [6.07, 6.45) is 2.15. The zero-order valence-corrected chi connectivity index (χ0v) is 14.7. The van der Waals surface area contributed by atoms with Crippen molar-refractivity contribution in [3.63, 3.8) is 0 Å². The van der Waals surface area contributed by atoms with E-state index in [-0.39, 0.29) is 22.5 Å². The molecule has 2 heterocycles. The van der Waals surface area contributed by atoms with E-state index >= 15 is 0 Å². The van der Waals surface area contributed by atoms with Crippen LogP contribution in [0.4, 0.5) is 10.1 Å². The Morgan fingerprint density at radius 1 is 1.28 bits per heavy atom. The molecule has 1 saturated heterocycles. The predicted molar refractivity (Wildman–Crippen MR) is 93.1 cm³/mol. The molecule has 2 aromatic rings. The van der Waals surface area contributed by atoms with E-state index in [0.717, 1.165) is 17.8 Å². The van der Waals surface area contributed by atoms with Gasteiger partial charge in [-0.15, -0.1) is 10.2 Å². The van der Waals surface area contributed by atoms with Crippen molar-refractivity contribution in [3.05, 3.63) is 40.1 Å². The van der Waals surface area contributed by atoms with Gasteiger partial charge in [-0.3, -0.25) is 9.59 Å². The molecule has 0 unspecified atom stereocenters. The fourth-order valence-corrected chi connectivity index (χ4v) is 3.74. The van der Waals surface area contributed by atoms with Crippen molar-refractivity contribution in [2.75, 3.05) is 18.4 Å². The molecular weight excluding hydrogens is 343 g/mol. The van der Waals surface area contributed by atoms with Crippen LogP contribution < -0.4 is 5.32 Å². The first-order valence-corrected chi connectivity index (χ1v) is 9.07. The third-order valence-electron chi connectivity index (χ3n) is 4.26. The third-order valence-corrected chi connectivity index (χ3v) is 5.34. The number of benzene rings is 1. The minimum atomic E-state index is -0.492. The number of nitrogens with zero attached hydrogens (tertiary/aromatic N) is 3. The summed E-state index contributed by atoms with van der Waals surface area (Å²) in [6, 6.07) is 5.99. The Balaban J connectivity index is 1.62. The molecule has 1 aliphatic heterocycles. The summed E-state index contributed by atoms with van der Waals surface area (Å²) in [7, 11) is 0. The van der Waals surface area contributed by atoms with Gasteiger partial charge in [0.2, 0.25) is 10.9 Å². The smallest absolute Gasteiger partial charge is 0.286 e. The Morgan fingerprint density at radius 2 is 2.00 bits per heavy atom. The van der Waals surface area contributed by atoms with Crippen LogP contribution in [0.15, 0.2) is 24.3 Å². The van der Waals surface area contributed by atoms with E-state index < -0.39 is 11.7 Å². The monoisotopic (exact) mass is 362 g/mol. The molecule has 1 aromatic heterocycles. The van der Waals surface area contributed by atoms with Crippen molar-refractivity contribution < 1.29 is 14.0 Å². The summed E-state index contributed by atoms with van der Waals surface area (Å²) < 4.78 is 13.6. The van der Waals surface area contributed by atoms with Gasteiger partial charge in [-0.05, 0) is 25.0 Å². The highest BCUT2D eigenvalue weighted by Crippen LogP contribution is 2.30. The first kappa shape index (κ1) is 17.5. The van der Waals surface area contributed by atoms with E-state index in [1.807, 2.05) is 11.8 Å². The van der Waals surface area contributed by atoms with Gasteiger partial charge in [-0.2, -0.15) is 0 Å². The number of aromatic nitrogens is 2. The van der Waals surface area contributed by atoms with Gasteiger partial charge in [0, 0.05) is 25.4 Å². The van der Waals surface area contributed by atoms with Gasteiger partial charge in [-0.25, -0.2) is 4.39 Å². The van der Waals surface area contributed by atoms with E-state index in [9.17, 15) is 14.0 Å². The number of carbonyl (C=O) groups is 2. The lowest BCUT2D eigenvalue weighted by Gasteiger charge is -2.30. The number of para-hydroxylation sites is 1. The number of hydrogen-bond donors (Lipinski definition) is 1. The molecular formula is C17H19FN4O2S. The fourth-order valence-electron chi connectivity index (χ4n) is 2.83. The second kappa shape index (κ2) is 7.69. The standard InChI is InChI=1S/C17H19FN4O2S/c1-2-14(23)22-9-7-11(8-10-22)16-20-21-17(25-16)15(24)19-13-6-4-3-5-12(13)18/h3-6,11H,2,7-10H2,1H3,(H,19,24). The summed E-state index contributed by atoms with van der Waals surface area (Å²) >= 11 is 1.23. The average molecular weight is 362 g/mol. The Bertz CT molecular complexity index is 772. The van der Waals surface area contributed by atoms with Crippen molar-refractivity contribution >= 4 is 28.8 Å². The Labute approximate surface area is 149 Å². The second-order valence-corrected chi connectivity index (χ2v) is 6.90. The number of likely N-dealkylation sites (tertiary alicyclic amines) is 1. The summed E-state index contributed by atoms with van der Waals surface area (Å²) in [6.45, 7) is 3.26. The topological polar surface area (TPSA) is 75.2 Å². The number of anilines is 1. The maximum Gasteiger partial charge on any atom is 0.286 e. The zero-order chi connectivity index (χ0) is 17.8. The number of carbonyl (C=O) groups excluding carboxylic acids is 2. The maximum atomic E-state index is 13.6. The molecule has 132 valence electrons. The number of nitrogens with one attached hydrogen (secondary N) is 1. The highest BCUT2D eigenvalue weighted by atomic mass is 32.1.